The van der Waals surface area contributed by atoms with E-state index in [2.05, 4.69) is 31.2 Å². The Hall–Kier alpha value is -2.14. The van der Waals surface area contributed by atoms with Gasteiger partial charge in [0.25, 0.3) is 5.91 Å². The third-order valence-corrected chi connectivity index (χ3v) is 5.71. The van der Waals surface area contributed by atoms with E-state index in [0.29, 0.717) is 18.0 Å². The second-order valence-electron chi connectivity index (χ2n) is 6.19. The summed E-state index contributed by atoms with van der Waals surface area (Å²) in [5.41, 5.74) is 1.41. The van der Waals surface area contributed by atoms with Crippen molar-refractivity contribution in [2.75, 3.05) is 13.1 Å². The van der Waals surface area contributed by atoms with Gasteiger partial charge in [-0.15, -0.1) is 11.3 Å². The average Bonchev–Trinajstić information content (AvgIpc) is 3.06. The highest BCUT2D eigenvalue weighted by molar-refractivity contribution is 7.15. The fraction of sp³-hybridized carbons (Fsp3) is 0.333. The first-order chi connectivity index (χ1) is 11.0. The van der Waals surface area contributed by atoms with Crippen molar-refractivity contribution in [3.05, 3.63) is 57.8 Å². The molecule has 1 aliphatic rings. The molecule has 0 saturated carbocycles. The fourth-order valence-corrected chi connectivity index (χ4v) is 3.87. The largest absolute Gasteiger partial charge is 0.477 e. The number of carboxylic acids is 1. The van der Waals surface area contributed by atoms with Crippen LogP contribution >= 0.6 is 11.3 Å². The Kier molecular flexibility index (Phi) is 4.22. The van der Waals surface area contributed by atoms with Crippen LogP contribution in [0.2, 0.25) is 0 Å². The molecule has 1 aliphatic heterocycles. The molecule has 0 spiro atoms. The molecule has 0 unspecified atom stereocenters. The van der Waals surface area contributed by atoms with E-state index in [4.69, 9.17) is 5.11 Å². The van der Waals surface area contributed by atoms with Gasteiger partial charge in [0.2, 0.25) is 0 Å². The van der Waals surface area contributed by atoms with Gasteiger partial charge in [-0.3, -0.25) is 4.79 Å². The molecular formula is C18H19NO3S. The van der Waals surface area contributed by atoms with Crippen molar-refractivity contribution in [1.29, 1.82) is 0 Å². The van der Waals surface area contributed by atoms with Gasteiger partial charge < -0.3 is 10.0 Å². The number of carbonyl (C=O) groups excluding carboxylic acids is 1. The minimum Gasteiger partial charge on any atom is -0.477 e. The Labute approximate surface area is 139 Å². The number of likely N-dealkylation sites (tertiary alicyclic amines) is 1. The number of hydrogen-bond donors (Lipinski definition) is 1. The van der Waals surface area contributed by atoms with Gasteiger partial charge in [-0.25, -0.2) is 4.79 Å². The highest BCUT2D eigenvalue weighted by atomic mass is 32.1. The van der Waals surface area contributed by atoms with Crippen molar-refractivity contribution in [3.63, 3.8) is 0 Å². The van der Waals surface area contributed by atoms with Crippen LogP contribution in [0.3, 0.4) is 0 Å². The quantitative estimate of drug-likeness (QED) is 0.935. The van der Waals surface area contributed by atoms with Crippen molar-refractivity contribution < 1.29 is 14.7 Å². The van der Waals surface area contributed by atoms with Crippen LogP contribution in [0.4, 0.5) is 0 Å². The maximum atomic E-state index is 12.5. The summed E-state index contributed by atoms with van der Waals surface area (Å²) in [4.78, 5) is 26.0. The molecule has 3 rings (SSSR count). The van der Waals surface area contributed by atoms with Gasteiger partial charge >= 0.3 is 5.97 Å². The fourth-order valence-electron chi connectivity index (χ4n) is 3.06. The molecule has 1 saturated heterocycles. The topological polar surface area (TPSA) is 57.6 Å². The summed E-state index contributed by atoms with van der Waals surface area (Å²) in [5.74, 6) is -1.04. The van der Waals surface area contributed by atoms with Gasteiger partial charge in [-0.2, -0.15) is 0 Å². The van der Waals surface area contributed by atoms with Gasteiger partial charge in [0.1, 0.15) is 4.88 Å². The monoisotopic (exact) mass is 329 g/mol. The zero-order valence-corrected chi connectivity index (χ0v) is 13.8. The summed E-state index contributed by atoms with van der Waals surface area (Å²) in [6.07, 6.45) is 1.83. The molecule has 1 fully saturated rings. The van der Waals surface area contributed by atoms with E-state index < -0.39 is 5.97 Å². The molecular weight excluding hydrogens is 310 g/mol. The molecule has 0 radical (unpaired) electrons. The van der Waals surface area contributed by atoms with Gasteiger partial charge in [0, 0.05) is 13.1 Å². The van der Waals surface area contributed by atoms with Gasteiger partial charge in [-0.1, -0.05) is 37.3 Å². The Morgan fingerprint density at radius 1 is 1.04 bits per heavy atom. The third-order valence-electron chi connectivity index (χ3n) is 4.65. The summed E-state index contributed by atoms with van der Waals surface area (Å²) in [5, 5.41) is 8.97. The summed E-state index contributed by atoms with van der Waals surface area (Å²) in [6, 6.07) is 13.5. The molecule has 5 heteroatoms. The first-order valence-corrected chi connectivity index (χ1v) is 8.49. The maximum Gasteiger partial charge on any atom is 0.345 e. The van der Waals surface area contributed by atoms with Crippen molar-refractivity contribution >= 4 is 23.2 Å². The molecule has 23 heavy (non-hydrogen) atoms. The molecule has 2 heterocycles. The Morgan fingerprint density at radius 3 is 2.22 bits per heavy atom. The van der Waals surface area contributed by atoms with E-state index in [9.17, 15) is 9.59 Å². The van der Waals surface area contributed by atoms with Crippen LogP contribution in [0.25, 0.3) is 0 Å². The van der Waals surface area contributed by atoms with Crippen molar-refractivity contribution in [1.82, 2.24) is 4.90 Å². The summed E-state index contributed by atoms with van der Waals surface area (Å²) >= 11 is 1.05. The molecule has 1 N–H and O–H groups in total. The van der Waals surface area contributed by atoms with Crippen LogP contribution in [0.5, 0.6) is 0 Å². The van der Waals surface area contributed by atoms with Crippen molar-refractivity contribution in [2.24, 2.45) is 0 Å². The van der Waals surface area contributed by atoms with Gasteiger partial charge in [-0.05, 0) is 36.0 Å². The number of aromatic carboxylic acids is 1. The number of carboxylic acid groups (broad SMARTS) is 1. The molecule has 0 atom stereocenters. The lowest BCUT2D eigenvalue weighted by molar-refractivity contribution is 0.0678. The minimum absolute atomic E-state index is 0.0578. The molecule has 0 aliphatic carbocycles. The lowest BCUT2D eigenvalue weighted by atomic mass is 9.74. The lowest BCUT2D eigenvalue weighted by Crippen LogP contribution is -2.43. The van der Waals surface area contributed by atoms with Crippen LogP contribution in [-0.4, -0.2) is 35.0 Å². The van der Waals surface area contributed by atoms with Crippen molar-refractivity contribution in [2.45, 2.75) is 25.2 Å². The number of thiophene rings is 1. The SMILES string of the molecule is CC1(c2ccccc2)CCN(C(=O)c2ccc(C(=O)O)s2)CC1. The second-order valence-corrected chi connectivity index (χ2v) is 7.27. The average molecular weight is 329 g/mol. The first-order valence-electron chi connectivity index (χ1n) is 7.67. The predicted octanol–water partition coefficient (Wildman–Crippen LogP) is 3.64. The third kappa shape index (κ3) is 3.15. The zero-order chi connectivity index (χ0) is 16.4. The summed E-state index contributed by atoms with van der Waals surface area (Å²) in [7, 11) is 0. The molecule has 4 nitrogen and oxygen atoms in total. The van der Waals surface area contributed by atoms with Crippen LogP contribution < -0.4 is 0 Å². The number of hydrogen-bond acceptors (Lipinski definition) is 3. The molecule has 1 aromatic carbocycles. The number of rotatable bonds is 3. The number of nitrogens with zero attached hydrogens (tertiary/aromatic N) is 1. The minimum atomic E-state index is -0.982. The Morgan fingerprint density at radius 2 is 1.65 bits per heavy atom. The summed E-state index contributed by atoms with van der Waals surface area (Å²) in [6.45, 7) is 3.65. The van der Waals surface area contributed by atoms with E-state index >= 15 is 0 Å². The van der Waals surface area contributed by atoms with Gasteiger partial charge in [0.15, 0.2) is 0 Å². The molecule has 0 bridgehead atoms. The van der Waals surface area contributed by atoms with Crippen LogP contribution in [0, 0.1) is 0 Å². The zero-order valence-electron chi connectivity index (χ0n) is 13.0. The van der Waals surface area contributed by atoms with E-state index in [0.717, 1.165) is 24.2 Å². The first kappa shape index (κ1) is 15.7. The number of piperidine rings is 1. The molecule has 2 aromatic rings. The molecule has 120 valence electrons. The Balaban J connectivity index is 1.68. The highest BCUT2D eigenvalue weighted by Gasteiger charge is 2.33. The number of amides is 1. The molecule has 1 amide bonds. The number of benzene rings is 1. The standard InChI is InChI=1S/C18H19NO3S/c1-18(13-5-3-2-4-6-13)9-11-19(12-10-18)16(20)14-7-8-15(23-14)17(21)22/h2-8H,9-12H2,1H3,(H,21,22). The van der Waals surface area contributed by atoms with Crippen LogP contribution in [0.15, 0.2) is 42.5 Å². The van der Waals surface area contributed by atoms with E-state index in [1.54, 1.807) is 6.07 Å². The normalized spacial score (nSPS) is 17.0. The highest BCUT2D eigenvalue weighted by Crippen LogP contribution is 2.35. The van der Waals surface area contributed by atoms with E-state index in [1.807, 2.05) is 11.0 Å². The smallest absolute Gasteiger partial charge is 0.345 e. The second kappa shape index (κ2) is 6.16. The maximum absolute atomic E-state index is 12.5. The Bertz CT molecular complexity index is 715. The number of carbonyl (C=O) groups is 2. The summed E-state index contributed by atoms with van der Waals surface area (Å²) < 4.78 is 0. The van der Waals surface area contributed by atoms with Crippen molar-refractivity contribution in [3.8, 4) is 0 Å². The predicted molar refractivity (Wildman–Crippen MR) is 90.2 cm³/mol. The van der Waals surface area contributed by atoms with E-state index in [1.165, 1.54) is 11.6 Å². The van der Waals surface area contributed by atoms with E-state index in [-0.39, 0.29) is 16.2 Å². The van der Waals surface area contributed by atoms with Crippen LogP contribution in [0.1, 0.15) is 44.7 Å². The lowest BCUT2D eigenvalue weighted by Gasteiger charge is -2.39. The van der Waals surface area contributed by atoms with Crippen LogP contribution in [-0.2, 0) is 5.41 Å². The molecule has 1 aromatic heterocycles. The van der Waals surface area contributed by atoms with Gasteiger partial charge in [0.05, 0.1) is 4.88 Å².